The molecule has 6 heteroatoms. The van der Waals surface area contributed by atoms with Crippen LogP contribution in [0.2, 0.25) is 0 Å². The van der Waals surface area contributed by atoms with Crippen molar-refractivity contribution in [3.63, 3.8) is 0 Å². The maximum absolute atomic E-state index is 11.3. The van der Waals surface area contributed by atoms with E-state index in [0.717, 1.165) is 25.9 Å². The van der Waals surface area contributed by atoms with Crippen LogP contribution in [0.4, 0.5) is 0 Å². The summed E-state index contributed by atoms with van der Waals surface area (Å²) in [6, 6.07) is -0.384. The molecule has 0 aromatic rings. The predicted molar refractivity (Wildman–Crippen MR) is 68.1 cm³/mol. The van der Waals surface area contributed by atoms with Gasteiger partial charge in [0, 0.05) is 19.0 Å². The number of hydrogen-bond donors (Lipinski definition) is 3. The normalized spacial score (nSPS) is 21.8. The Morgan fingerprint density at radius 2 is 2.28 bits per heavy atom. The van der Waals surface area contributed by atoms with E-state index in [1.54, 1.807) is 0 Å². The van der Waals surface area contributed by atoms with Crippen LogP contribution < -0.4 is 11.1 Å². The summed E-state index contributed by atoms with van der Waals surface area (Å²) in [6.07, 6.45) is 2.47. The highest BCUT2D eigenvalue weighted by atomic mass is 16.4. The van der Waals surface area contributed by atoms with Gasteiger partial charge in [0.15, 0.2) is 0 Å². The van der Waals surface area contributed by atoms with Crippen LogP contribution in [-0.4, -0.2) is 53.6 Å². The number of carboxylic acids is 1. The van der Waals surface area contributed by atoms with Gasteiger partial charge in [0.05, 0.1) is 0 Å². The molecule has 0 radical (unpaired) electrons. The molecule has 1 rings (SSSR count). The number of likely N-dealkylation sites (N-methyl/N-ethyl adjacent to an activating group) is 1. The van der Waals surface area contributed by atoms with Crippen LogP contribution in [0.1, 0.15) is 32.6 Å². The summed E-state index contributed by atoms with van der Waals surface area (Å²) in [7, 11) is 0. The number of aliphatic carboxylic acids is 1. The molecule has 18 heavy (non-hydrogen) atoms. The highest BCUT2D eigenvalue weighted by molar-refractivity contribution is 5.77. The molecule has 0 aromatic carbocycles. The van der Waals surface area contributed by atoms with E-state index in [4.69, 9.17) is 5.73 Å². The van der Waals surface area contributed by atoms with Crippen molar-refractivity contribution >= 4 is 11.9 Å². The van der Waals surface area contributed by atoms with E-state index in [1.165, 1.54) is 0 Å². The van der Waals surface area contributed by atoms with Crippen molar-refractivity contribution in [1.29, 1.82) is 0 Å². The van der Waals surface area contributed by atoms with Crippen molar-refractivity contribution in [2.24, 2.45) is 5.73 Å². The Bertz CT molecular complexity index is 290. The number of amides is 1. The van der Waals surface area contributed by atoms with Crippen molar-refractivity contribution in [3.05, 3.63) is 0 Å². The monoisotopic (exact) mass is 257 g/mol. The zero-order valence-corrected chi connectivity index (χ0v) is 10.9. The minimum absolute atomic E-state index is 0.119. The van der Waals surface area contributed by atoms with Gasteiger partial charge in [0.2, 0.25) is 5.91 Å². The summed E-state index contributed by atoms with van der Waals surface area (Å²) in [5.74, 6) is -1.32. The topological polar surface area (TPSA) is 95.7 Å². The van der Waals surface area contributed by atoms with E-state index in [1.807, 2.05) is 11.8 Å². The summed E-state index contributed by atoms with van der Waals surface area (Å²) in [5, 5.41) is 12.6. The van der Waals surface area contributed by atoms with Gasteiger partial charge in [-0.2, -0.15) is 0 Å². The van der Waals surface area contributed by atoms with E-state index in [2.05, 4.69) is 5.32 Å². The second-order valence-corrected chi connectivity index (χ2v) is 4.69. The van der Waals surface area contributed by atoms with Crippen molar-refractivity contribution < 1.29 is 14.7 Å². The molecule has 0 aliphatic carbocycles. The Balaban J connectivity index is 2.66. The molecule has 104 valence electrons. The highest BCUT2D eigenvalue weighted by Gasteiger charge is 2.31. The van der Waals surface area contributed by atoms with Gasteiger partial charge >= 0.3 is 5.97 Å². The molecule has 1 fully saturated rings. The summed E-state index contributed by atoms with van der Waals surface area (Å²) in [6.45, 7) is 4.43. The molecule has 1 saturated heterocycles. The second-order valence-electron chi connectivity index (χ2n) is 4.69. The maximum atomic E-state index is 11.3. The molecule has 0 aromatic heterocycles. The van der Waals surface area contributed by atoms with Crippen LogP contribution in [0.3, 0.4) is 0 Å². The molecule has 2 atom stereocenters. The highest BCUT2D eigenvalue weighted by Crippen LogP contribution is 2.17. The Labute approximate surface area is 108 Å². The third kappa shape index (κ3) is 4.27. The average Bonchev–Trinajstić information content (AvgIpc) is 2.34. The number of rotatable bonds is 7. The lowest BCUT2D eigenvalue weighted by Gasteiger charge is -2.37. The van der Waals surface area contributed by atoms with Crippen LogP contribution >= 0.6 is 0 Å². The Kier molecular flexibility index (Phi) is 6.07. The number of nitrogens with zero attached hydrogens (tertiary/aromatic N) is 1. The molecule has 0 saturated carbocycles. The Morgan fingerprint density at radius 3 is 2.72 bits per heavy atom. The van der Waals surface area contributed by atoms with Crippen molar-refractivity contribution in [2.75, 3.05) is 19.6 Å². The van der Waals surface area contributed by atoms with E-state index >= 15 is 0 Å². The van der Waals surface area contributed by atoms with E-state index in [9.17, 15) is 14.7 Å². The molecule has 0 bridgehead atoms. The third-order valence-electron chi connectivity index (χ3n) is 3.45. The summed E-state index contributed by atoms with van der Waals surface area (Å²) < 4.78 is 0. The molecule has 6 nitrogen and oxygen atoms in total. The molecular weight excluding hydrogens is 234 g/mol. The minimum Gasteiger partial charge on any atom is -0.480 e. The average molecular weight is 257 g/mol. The van der Waals surface area contributed by atoms with Gasteiger partial charge in [-0.05, 0) is 32.4 Å². The fourth-order valence-electron chi connectivity index (χ4n) is 2.56. The maximum Gasteiger partial charge on any atom is 0.320 e. The Hall–Kier alpha value is -1.14. The number of nitrogens with one attached hydrogen (secondary N) is 1. The van der Waals surface area contributed by atoms with Crippen molar-refractivity contribution in [2.45, 2.75) is 44.7 Å². The van der Waals surface area contributed by atoms with E-state index in [-0.39, 0.29) is 18.9 Å². The molecule has 1 unspecified atom stereocenters. The number of piperidine rings is 1. The van der Waals surface area contributed by atoms with Gasteiger partial charge in [0.25, 0.3) is 0 Å². The molecule has 1 aliphatic heterocycles. The fourth-order valence-corrected chi connectivity index (χ4v) is 2.56. The molecule has 1 amide bonds. The van der Waals surface area contributed by atoms with Gasteiger partial charge in [-0.3, -0.25) is 14.5 Å². The number of hydrogen-bond acceptors (Lipinski definition) is 4. The first-order chi connectivity index (χ1) is 8.56. The molecular formula is C12H23N3O3. The number of carboxylic acid groups (broad SMARTS) is 1. The summed E-state index contributed by atoms with van der Waals surface area (Å²) in [5.41, 5.74) is 5.10. The second kappa shape index (κ2) is 7.33. The molecule has 0 spiro atoms. The quantitative estimate of drug-likeness (QED) is 0.586. The number of nitrogens with two attached hydrogens (primary N) is 1. The molecule has 1 aliphatic rings. The summed E-state index contributed by atoms with van der Waals surface area (Å²) >= 11 is 0. The zero-order chi connectivity index (χ0) is 13.5. The predicted octanol–water partition coefficient (Wildman–Crippen LogP) is -0.221. The van der Waals surface area contributed by atoms with Crippen molar-refractivity contribution in [1.82, 2.24) is 10.2 Å². The van der Waals surface area contributed by atoms with Gasteiger partial charge in [-0.1, -0.05) is 6.92 Å². The standard InChI is InChI=1S/C12H23N3O3/c1-2-15(9-4-3-7-14-8-9)10(12(17)18)5-6-11(13)16/h9-10,14H,2-8H2,1H3,(H2,13,16)(H,17,18)/t9?,10-/m0/s1. The number of primary amides is 1. The number of carbonyl (C=O) groups excluding carboxylic acids is 1. The smallest absolute Gasteiger partial charge is 0.320 e. The Morgan fingerprint density at radius 1 is 1.56 bits per heavy atom. The first-order valence-electron chi connectivity index (χ1n) is 6.53. The largest absolute Gasteiger partial charge is 0.480 e. The lowest BCUT2D eigenvalue weighted by molar-refractivity contribution is -0.144. The third-order valence-corrected chi connectivity index (χ3v) is 3.45. The first kappa shape index (κ1) is 14.9. The molecule has 4 N–H and O–H groups in total. The van der Waals surface area contributed by atoms with Gasteiger partial charge < -0.3 is 16.2 Å². The molecule has 1 heterocycles. The minimum atomic E-state index is -0.872. The van der Waals surface area contributed by atoms with Gasteiger partial charge in [-0.15, -0.1) is 0 Å². The lowest BCUT2D eigenvalue weighted by atomic mass is 10.0. The SMILES string of the molecule is CCN(C1CCCNC1)[C@@H](CCC(N)=O)C(=O)O. The zero-order valence-electron chi connectivity index (χ0n) is 10.9. The van der Waals surface area contributed by atoms with Gasteiger partial charge in [-0.25, -0.2) is 0 Å². The van der Waals surface area contributed by atoms with Crippen LogP contribution in [0.15, 0.2) is 0 Å². The van der Waals surface area contributed by atoms with Crippen LogP contribution in [0.25, 0.3) is 0 Å². The summed E-state index contributed by atoms with van der Waals surface area (Å²) in [4.78, 5) is 24.1. The fraction of sp³-hybridized carbons (Fsp3) is 0.833. The van der Waals surface area contributed by atoms with Crippen LogP contribution in [0.5, 0.6) is 0 Å². The first-order valence-corrected chi connectivity index (χ1v) is 6.53. The van der Waals surface area contributed by atoms with Gasteiger partial charge in [0.1, 0.15) is 6.04 Å². The van der Waals surface area contributed by atoms with Crippen LogP contribution in [0, 0.1) is 0 Å². The van der Waals surface area contributed by atoms with Crippen molar-refractivity contribution in [3.8, 4) is 0 Å². The van der Waals surface area contributed by atoms with E-state index in [0.29, 0.717) is 6.54 Å². The number of carbonyl (C=O) groups is 2. The lowest BCUT2D eigenvalue weighted by Crippen LogP contribution is -2.53. The van der Waals surface area contributed by atoms with E-state index < -0.39 is 17.9 Å². The van der Waals surface area contributed by atoms with Crippen LogP contribution in [-0.2, 0) is 9.59 Å².